The first kappa shape index (κ1) is 17.7. The van der Waals surface area contributed by atoms with Crippen LogP contribution in [0, 0.1) is 5.92 Å². The van der Waals surface area contributed by atoms with Crippen LogP contribution in [-0.2, 0) is 4.79 Å². The normalized spacial score (nSPS) is 22.4. The monoisotopic (exact) mass is 344 g/mol. The lowest BCUT2D eigenvalue weighted by Crippen LogP contribution is -2.50. The smallest absolute Gasteiger partial charge is 0.317 e. The van der Waals surface area contributed by atoms with Crippen molar-refractivity contribution in [3.8, 4) is 0 Å². The highest BCUT2D eigenvalue weighted by Gasteiger charge is 2.30. The van der Waals surface area contributed by atoms with Gasteiger partial charge >= 0.3 is 6.03 Å². The van der Waals surface area contributed by atoms with Gasteiger partial charge in [0.1, 0.15) is 0 Å². The van der Waals surface area contributed by atoms with Crippen LogP contribution in [0.15, 0.2) is 24.5 Å². The number of hydrogen-bond donors (Lipinski definition) is 2. The fourth-order valence-corrected chi connectivity index (χ4v) is 3.78. The average Bonchev–Trinajstić information content (AvgIpc) is 3.15. The second-order valence-electron chi connectivity index (χ2n) is 7.23. The second-order valence-corrected chi connectivity index (χ2v) is 7.23. The number of rotatable bonds is 4. The summed E-state index contributed by atoms with van der Waals surface area (Å²) in [6, 6.07) is 4.07. The lowest BCUT2D eigenvalue weighted by Gasteiger charge is -2.33. The number of urea groups is 1. The molecule has 0 bridgehead atoms. The van der Waals surface area contributed by atoms with Crippen LogP contribution in [0.1, 0.15) is 57.1 Å². The van der Waals surface area contributed by atoms with Gasteiger partial charge in [-0.05, 0) is 50.3 Å². The van der Waals surface area contributed by atoms with Gasteiger partial charge in [0.25, 0.3) is 0 Å². The van der Waals surface area contributed by atoms with Crippen LogP contribution in [0.25, 0.3) is 0 Å². The molecule has 0 radical (unpaired) electrons. The Morgan fingerprint density at radius 2 is 1.88 bits per heavy atom. The molecule has 2 fully saturated rings. The van der Waals surface area contributed by atoms with E-state index in [1.165, 1.54) is 12.8 Å². The quantitative estimate of drug-likeness (QED) is 0.882. The van der Waals surface area contributed by atoms with Crippen LogP contribution in [0.4, 0.5) is 4.79 Å². The SMILES string of the molecule is C[C@H](NC(=O)[C@H]1CCCN(C(=O)NC2CCCC2)C1)c1ccncc1. The number of carbonyl (C=O) groups excluding carboxylic acids is 2. The predicted molar refractivity (Wildman–Crippen MR) is 95.9 cm³/mol. The van der Waals surface area contributed by atoms with E-state index < -0.39 is 0 Å². The average molecular weight is 344 g/mol. The lowest BCUT2D eigenvalue weighted by molar-refractivity contribution is -0.126. The van der Waals surface area contributed by atoms with Gasteiger partial charge in [0.05, 0.1) is 12.0 Å². The van der Waals surface area contributed by atoms with Gasteiger partial charge in [-0.15, -0.1) is 0 Å². The Bertz CT molecular complexity index is 586. The largest absolute Gasteiger partial charge is 0.349 e. The van der Waals surface area contributed by atoms with Gasteiger partial charge in [-0.2, -0.15) is 0 Å². The highest BCUT2D eigenvalue weighted by Crippen LogP contribution is 2.21. The van der Waals surface area contributed by atoms with Gasteiger partial charge in [0, 0.05) is 31.5 Å². The fourth-order valence-electron chi connectivity index (χ4n) is 3.78. The molecule has 136 valence electrons. The Labute approximate surface area is 149 Å². The molecule has 6 nitrogen and oxygen atoms in total. The minimum absolute atomic E-state index is 0.00779. The van der Waals surface area contributed by atoms with Gasteiger partial charge in [-0.3, -0.25) is 9.78 Å². The Morgan fingerprint density at radius 3 is 2.60 bits per heavy atom. The Balaban J connectivity index is 1.51. The van der Waals surface area contributed by atoms with Crippen LogP contribution >= 0.6 is 0 Å². The summed E-state index contributed by atoms with van der Waals surface area (Å²) in [7, 11) is 0. The molecule has 2 atom stereocenters. The first-order chi connectivity index (χ1) is 12.1. The number of piperidine rings is 1. The molecule has 0 unspecified atom stereocenters. The van der Waals surface area contributed by atoms with Crippen LogP contribution in [-0.4, -0.2) is 41.0 Å². The number of aromatic nitrogens is 1. The summed E-state index contributed by atoms with van der Waals surface area (Å²) >= 11 is 0. The van der Waals surface area contributed by atoms with Crippen molar-refractivity contribution >= 4 is 11.9 Å². The third-order valence-corrected chi connectivity index (χ3v) is 5.33. The van der Waals surface area contributed by atoms with Gasteiger partial charge in [0.2, 0.25) is 5.91 Å². The number of likely N-dealkylation sites (tertiary alicyclic amines) is 1. The summed E-state index contributed by atoms with van der Waals surface area (Å²) < 4.78 is 0. The van der Waals surface area contributed by atoms with E-state index in [0.29, 0.717) is 12.6 Å². The minimum atomic E-state index is -0.132. The zero-order valence-electron chi connectivity index (χ0n) is 14.9. The van der Waals surface area contributed by atoms with Gasteiger partial charge in [0.15, 0.2) is 0 Å². The molecule has 1 saturated heterocycles. The molecule has 1 saturated carbocycles. The second kappa shape index (κ2) is 8.32. The van der Waals surface area contributed by atoms with Crippen molar-refractivity contribution in [2.45, 2.75) is 57.5 Å². The van der Waals surface area contributed by atoms with Crippen molar-refractivity contribution < 1.29 is 9.59 Å². The minimum Gasteiger partial charge on any atom is -0.349 e. The molecule has 2 N–H and O–H groups in total. The molecule has 1 aliphatic carbocycles. The highest BCUT2D eigenvalue weighted by atomic mass is 16.2. The molecule has 6 heteroatoms. The van der Waals surface area contributed by atoms with Crippen molar-refractivity contribution in [1.29, 1.82) is 0 Å². The maximum atomic E-state index is 12.6. The van der Waals surface area contributed by atoms with E-state index in [2.05, 4.69) is 15.6 Å². The third kappa shape index (κ3) is 4.71. The van der Waals surface area contributed by atoms with Gasteiger partial charge in [-0.1, -0.05) is 12.8 Å². The number of carbonyl (C=O) groups is 2. The molecule has 3 amide bonds. The van der Waals surface area contributed by atoms with Crippen molar-refractivity contribution in [2.24, 2.45) is 5.92 Å². The fraction of sp³-hybridized carbons (Fsp3) is 0.632. The molecule has 0 aromatic carbocycles. The molecule has 0 spiro atoms. The standard InChI is InChI=1S/C19H28N4O2/c1-14(15-8-10-20-11-9-15)21-18(24)16-5-4-12-23(13-16)19(25)22-17-6-2-3-7-17/h8-11,14,16-17H,2-7,12-13H2,1H3,(H,21,24)(H,22,25)/t14-,16-/m0/s1. The summed E-state index contributed by atoms with van der Waals surface area (Å²) in [5.41, 5.74) is 1.04. The number of hydrogen-bond acceptors (Lipinski definition) is 3. The lowest BCUT2D eigenvalue weighted by atomic mass is 9.96. The topological polar surface area (TPSA) is 74.3 Å². The van der Waals surface area contributed by atoms with Crippen LogP contribution in [0.2, 0.25) is 0 Å². The molecule has 3 rings (SSSR count). The van der Waals surface area contributed by atoms with Gasteiger partial charge in [-0.25, -0.2) is 4.79 Å². The molecule has 25 heavy (non-hydrogen) atoms. The van der Waals surface area contributed by atoms with E-state index in [0.717, 1.165) is 37.8 Å². The first-order valence-electron chi connectivity index (χ1n) is 9.39. The Hall–Kier alpha value is -2.11. The van der Waals surface area contributed by atoms with Crippen molar-refractivity contribution in [1.82, 2.24) is 20.5 Å². The Morgan fingerprint density at radius 1 is 1.16 bits per heavy atom. The summed E-state index contributed by atoms with van der Waals surface area (Å²) in [6.07, 6.45) is 9.72. The molecule has 2 aliphatic rings. The van der Waals surface area contributed by atoms with E-state index in [9.17, 15) is 9.59 Å². The predicted octanol–water partition coefficient (Wildman–Crippen LogP) is 2.62. The van der Waals surface area contributed by atoms with E-state index in [-0.39, 0.29) is 23.9 Å². The van der Waals surface area contributed by atoms with E-state index in [1.54, 1.807) is 12.4 Å². The summed E-state index contributed by atoms with van der Waals surface area (Å²) in [5.74, 6) is -0.102. The molecule has 1 aromatic heterocycles. The van der Waals surface area contributed by atoms with Gasteiger partial charge < -0.3 is 15.5 Å². The number of pyridine rings is 1. The molecule has 1 aliphatic heterocycles. The van der Waals surface area contributed by atoms with E-state index >= 15 is 0 Å². The molecule has 2 heterocycles. The van der Waals surface area contributed by atoms with E-state index in [4.69, 9.17) is 0 Å². The third-order valence-electron chi connectivity index (χ3n) is 5.33. The molecular weight excluding hydrogens is 316 g/mol. The Kier molecular flexibility index (Phi) is 5.89. The molecule has 1 aromatic rings. The molecular formula is C19H28N4O2. The highest BCUT2D eigenvalue weighted by molar-refractivity contribution is 5.81. The van der Waals surface area contributed by atoms with Crippen molar-refractivity contribution in [3.63, 3.8) is 0 Å². The van der Waals surface area contributed by atoms with E-state index in [1.807, 2.05) is 24.0 Å². The van der Waals surface area contributed by atoms with Crippen LogP contribution < -0.4 is 10.6 Å². The van der Waals surface area contributed by atoms with Crippen molar-refractivity contribution in [3.05, 3.63) is 30.1 Å². The number of nitrogens with one attached hydrogen (secondary N) is 2. The summed E-state index contributed by atoms with van der Waals surface area (Å²) in [5, 5.41) is 6.20. The zero-order valence-corrected chi connectivity index (χ0v) is 14.9. The maximum absolute atomic E-state index is 12.6. The first-order valence-corrected chi connectivity index (χ1v) is 9.39. The zero-order chi connectivity index (χ0) is 17.6. The maximum Gasteiger partial charge on any atom is 0.317 e. The summed E-state index contributed by atoms with van der Waals surface area (Å²) in [6.45, 7) is 3.22. The van der Waals surface area contributed by atoms with Crippen molar-refractivity contribution in [2.75, 3.05) is 13.1 Å². The van der Waals surface area contributed by atoms with Crippen LogP contribution in [0.5, 0.6) is 0 Å². The summed E-state index contributed by atoms with van der Waals surface area (Å²) in [4.78, 5) is 30.9. The number of nitrogens with zero attached hydrogens (tertiary/aromatic N) is 2. The number of amides is 3. The van der Waals surface area contributed by atoms with Crippen LogP contribution in [0.3, 0.4) is 0 Å².